The van der Waals surface area contributed by atoms with Crippen LogP contribution >= 0.6 is 0 Å². The quantitative estimate of drug-likeness (QED) is 0.789. The molecule has 2 atom stereocenters. The van der Waals surface area contributed by atoms with Gasteiger partial charge in [0.25, 0.3) is 0 Å². The van der Waals surface area contributed by atoms with Crippen molar-refractivity contribution in [2.75, 3.05) is 14.2 Å². The van der Waals surface area contributed by atoms with Crippen LogP contribution in [0.2, 0.25) is 0 Å². The Morgan fingerprint density at radius 3 is 2.35 bits per heavy atom. The maximum absolute atomic E-state index is 5.79. The largest absolute Gasteiger partial charge is 0.493 e. The molecular weight excluding hydrogens is 216 g/mol. The summed E-state index contributed by atoms with van der Waals surface area (Å²) in [5.74, 6) is 1.50. The van der Waals surface area contributed by atoms with Crippen LogP contribution in [0.3, 0.4) is 0 Å². The lowest BCUT2D eigenvalue weighted by Gasteiger charge is -2.18. The van der Waals surface area contributed by atoms with E-state index in [1.807, 2.05) is 25.1 Å². The van der Waals surface area contributed by atoms with Crippen LogP contribution in [0.4, 0.5) is 0 Å². The predicted molar refractivity (Wildman–Crippen MR) is 69.5 cm³/mol. The third-order valence-corrected chi connectivity index (χ3v) is 2.86. The second kappa shape index (κ2) is 6.47. The van der Waals surface area contributed by atoms with Gasteiger partial charge in [0.1, 0.15) is 0 Å². The molecule has 0 saturated heterocycles. The van der Waals surface area contributed by atoms with E-state index in [1.54, 1.807) is 14.2 Å². The van der Waals surface area contributed by atoms with Gasteiger partial charge in [-0.25, -0.2) is 0 Å². The van der Waals surface area contributed by atoms with Gasteiger partial charge in [0.05, 0.1) is 14.2 Å². The topological polar surface area (TPSA) is 56.5 Å². The van der Waals surface area contributed by atoms with Crippen molar-refractivity contribution in [2.45, 2.75) is 32.5 Å². The molecule has 0 amide bonds. The molecule has 0 radical (unpaired) electrons. The van der Waals surface area contributed by atoms with Gasteiger partial charge in [-0.1, -0.05) is 6.07 Å². The Bertz CT molecular complexity index is 353. The molecule has 0 heterocycles. The van der Waals surface area contributed by atoms with E-state index in [9.17, 15) is 0 Å². The summed E-state index contributed by atoms with van der Waals surface area (Å²) in [7, 11) is 3.27. The number of methoxy groups -OCH3 is 2. The number of ether oxygens (including phenoxy) is 2. The van der Waals surface area contributed by atoms with Crippen LogP contribution in [-0.4, -0.2) is 26.3 Å². The van der Waals surface area contributed by atoms with Crippen molar-refractivity contribution in [3.8, 4) is 11.5 Å². The Morgan fingerprint density at radius 2 is 1.82 bits per heavy atom. The van der Waals surface area contributed by atoms with Gasteiger partial charge >= 0.3 is 0 Å². The van der Waals surface area contributed by atoms with Crippen LogP contribution in [-0.2, 0) is 6.54 Å². The van der Waals surface area contributed by atoms with Crippen LogP contribution in [0.25, 0.3) is 0 Å². The van der Waals surface area contributed by atoms with E-state index in [4.69, 9.17) is 15.2 Å². The van der Waals surface area contributed by atoms with E-state index >= 15 is 0 Å². The van der Waals surface area contributed by atoms with E-state index in [-0.39, 0.29) is 12.1 Å². The molecule has 0 spiro atoms. The SMILES string of the molecule is COc1ccc(CNC(C)C(C)N)cc1OC. The highest BCUT2D eigenvalue weighted by Crippen LogP contribution is 2.27. The second-order valence-corrected chi connectivity index (χ2v) is 4.22. The molecule has 0 aromatic heterocycles. The Morgan fingerprint density at radius 1 is 1.18 bits per heavy atom. The van der Waals surface area contributed by atoms with Crippen LogP contribution in [0.5, 0.6) is 11.5 Å². The predicted octanol–water partition coefficient (Wildman–Crippen LogP) is 1.53. The van der Waals surface area contributed by atoms with Crippen LogP contribution < -0.4 is 20.5 Å². The van der Waals surface area contributed by atoms with Crippen molar-refractivity contribution in [3.63, 3.8) is 0 Å². The van der Waals surface area contributed by atoms with Crippen molar-refractivity contribution in [1.29, 1.82) is 0 Å². The summed E-state index contributed by atoms with van der Waals surface area (Å²) in [6.45, 7) is 4.83. The summed E-state index contributed by atoms with van der Waals surface area (Å²) in [5, 5.41) is 3.37. The molecule has 4 nitrogen and oxygen atoms in total. The van der Waals surface area contributed by atoms with Gasteiger partial charge in [-0.15, -0.1) is 0 Å². The van der Waals surface area contributed by atoms with Gasteiger partial charge in [-0.3, -0.25) is 0 Å². The van der Waals surface area contributed by atoms with Gasteiger partial charge < -0.3 is 20.5 Å². The third-order valence-electron chi connectivity index (χ3n) is 2.86. The van der Waals surface area contributed by atoms with Gasteiger partial charge in [0.15, 0.2) is 11.5 Å². The number of rotatable bonds is 6. The number of nitrogens with two attached hydrogens (primary N) is 1. The zero-order valence-electron chi connectivity index (χ0n) is 11.0. The lowest BCUT2D eigenvalue weighted by atomic mass is 10.1. The van der Waals surface area contributed by atoms with Crippen molar-refractivity contribution in [2.24, 2.45) is 5.73 Å². The van der Waals surface area contributed by atoms with Gasteiger partial charge in [0.2, 0.25) is 0 Å². The van der Waals surface area contributed by atoms with Crippen LogP contribution in [0.1, 0.15) is 19.4 Å². The monoisotopic (exact) mass is 238 g/mol. The molecule has 0 aliphatic carbocycles. The number of nitrogens with one attached hydrogen (secondary N) is 1. The highest BCUT2D eigenvalue weighted by molar-refractivity contribution is 5.42. The van der Waals surface area contributed by atoms with Gasteiger partial charge in [-0.2, -0.15) is 0 Å². The molecule has 0 aliphatic heterocycles. The smallest absolute Gasteiger partial charge is 0.161 e. The van der Waals surface area contributed by atoms with Crippen molar-refractivity contribution in [1.82, 2.24) is 5.32 Å². The van der Waals surface area contributed by atoms with E-state index < -0.39 is 0 Å². The average Bonchev–Trinajstić information content (AvgIpc) is 2.35. The fraction of sp³-hybridized carbons (Fsp3) is 0.538. The first-order valence-electron chi connectivity index (χ1n) is 5.78. The minimum atomic E-state index is 0.134. The Kier molecular flexibility index (Phi) is 5.25. The van der Waals surface area contributed by atoms with Crippen molar-refractivity contribution in [3.05, 3.63) is 23.8 Å². The molecule has 2 unspecified atom stereocenters. The van der Waals surface area contributed by atoms with Gasteiger partial charge in [0, 0.05) is 18.6 Å². The summed E-state index contributed by atoms with van der Waals surface area (Å²) >= 11 is 0. The first-order valence-corrected chi connectivity index (χ1v) is 5.78. The third kappa shape index (κ3) is 3.91. The lowest BCUT2D eigenvalue weighted by molar-refractivity contribution is 0.354. The highest BCUT2D eigenvalue weighted by atomic mass is 16.5. The molecular formula is C13H22N2O2. The van der Waals surface area contributed by atoms with Crippen molar-refractivity contribution < 1.29 is 9.47 Å². The van der Waals surface area contributed by atoms with E-state index in [0.717, 1.165) is 23.6 Å². The summed E-state index contributed by atoms with van der Waals surface area (Å²) in [5.41, 5.74) is 6.94. The first-order chi connectivity index (χ1) is 8.08. The number of benzene rings is 1. The molecule has 1 aromatic carbocycles. The molecule has 4 heteroatoms. The Hall–Kier alpha value is -1.26. The van der Waals surface area contributed by atoms with E-state index in [0.29, 0.717) is 0 Å². The summed E-state index contributed by atoms with van der Waals surface area (Å²) in [4.78, 5) is 0. The Labute approximate surface area is 103 Å². The fourth-order valence-electron chi connectivity index (χ4n) is 1.46. The minimum Gasteiger partial charge on any atom is -0.493 e. The summed E-state index contributed by atoms with van der Waals surface area (Å²) < 4.78 is 10.4. The van der Waals surface area contributed by atoms with E-state index in [1.165, 1.54) is 0 Å². The van der Waals surface area contributed by atoms with Crippen molar-refractivity contribution >= 4 is 0 Å². The molecule has 1 aromatic rings. The standard InChI is InChI=1S/C13H22N2O2/c1-9(14)10(2)15-8-11-5-6-12(16-3)13(7-11)17-4/h5-7,9-10,15H,8,14H2,1-4H3. The number of hydrogen-bond donors (Lipinski definition) is 2. The Balaban J connectivity index is 2.66. The molecule has 96 valence electrons. The zero-order valence-corrected chi connectivity index (χ0v) is 11.0. The molecule has 3 N–H and O–H groups in total. The summed E-state index contributed by atoms with van der Waals surface area (Å²) in [6.07, 6.45) is 0. The van der Waals surface area contributed by atoms with E-state index in [2.05, 4.69) is 12.2 Å². The molecule has 17 heavy (non-hydrogen) atoms. The second-order valence-electron chi connectivity index (χ2n) is 4.22. The maximum atomic E-state index is 5.79. The number of hydrogen-bond acceptors (Lipinski definition) is 4. The first kappa shape index (κ1) is 13.8. The molecule has 0 fully saturated rings. The summed E-state index contributed by atoms with van der Waals surface area (Å²) in [6, 6.07) is 6.31. The zero-order chi connectivity index (χ0) is 12.8. The van der Waals surface area contributed by atoms with Gasteiger partial charge in [-0.05, 0) is 31.5 Å². The van der Waals surface area contributed by atoms with Crippen LogP contribution in [0, 0.1) is 0 Å². The fourth-order valence-corrected chi connectivity index (χ4v) is 1.46. The normalized spacial score (nSPS) is 14.2. The molecule has 0 saturated carbocycles. The molecule has 0 aliphatic rings. The van der Waals surface area contributed by atoms with Crippen LogP contribution in [0.15, 0.2) is 18.2 Å². The molecule has 0 bridgehead atoms. The maximum Gasteiger partial charge on any atom is 0.161 e. The minimum absolute atomic E-state index is 0.134. The lowest BCUT2D eigenvalue weighted by Crippen LogP contribution is -2.40. The highest BCUT2D eigenvalue weighted by Gasteiger charge is 2.08. The average molecular weight is 238 g/mol. The molecule has 1 rings (SSSR count).